The molecule has 0 aliphatic carbocycles. The van der Waals surface area contributed by atoms with E-state index >= 15 is 0 Å². The van der Waals surface area contributed by atoms with Gasteiger partial charge in [-0.1, -0.05) is 24.3 Å². The van der Waals surface area contributed by atoms with Gasteiger partial charge < -0.3 is 9.80 Å². The van der Waals surface area contributed by atoms with Crippen molar-refractivity contribution < 1.29 is 4.79 Å². The van der Waals surface area contributed by atoms with Crippen molar-refractivity contribution in [3.63, 3.8) is 0 Å². The van der Waals surface area contributed by atoms with E-state index in [1.54, 1.807) is 4.90 Å². The fourth-order valence-corrected chi connectivity index (χ4v) is 5.81. The fourth-order valence-electron chi connectivity index (χ4n) is 4.84. The molecule has 6 heteroatoms. The second kappa shape index (κ2) is 7.48. The van der Waals surface area contributed by atoms with E-state index in [1.165, 1.54) is 21.0 Å². The molecule has 0 spiro atoms. The zero-order valence-corrected chi connectivity index (χ0v) is 18.3. The van der Waals surface area contributed by atoms with Crippen LogP contribution in [0.2, 0.25) is 0 Å². The number of carbonyl (C=O) groups is 1. The summed E-state index contributed by atoms with van der Waals surface area (Å²) in [5.74, 6) is 1.00. The number of benzene rings is 1. The van der Waals surface area contributed by atoms with Crippen LogP contribution < -0.4 is 0 Å². The molecule has 0 N–H and O–H groups in total. The Morgan fingerprint density at radius 1 is 1.18 bits per heavy atom. The van der Waals surface area contributed by atoms with E-state index in [4.69, 9.17) is 4.98 Å². The number of hydrogen-bond acceptors (Lipinski definition) is 4. The normalized spacial score (nSPS) is 24.6. The molecular weight excluding hydrogens is 368 g/mol. The molecule has 2 saturated heterocycles. The van der Waals surface area contributed by atoms with E-state index in [0.717, 1.165) is 31.9 Å². The van der Waals surface area contributed by atoms with Gasteiger partial charge in [-0.2, -0.15) is 0 Å². The third-order valence-corrected chi connectivity index (χ3v) is 7.36. The SMILES string of the molecule is Cc1ccccc1[C@H]1[C@@H]2CN(Cc3nc(C)c(C)s3)C[C@@H]2CN1C(=O)N(C)C. The average molecular weight is 399 g/mol. The molecule has 28 heavy (non-hydrogen) atoms. The van der Waals surface area contributed by atoms with Crippen LogP contribution in [-0.4, -0.2) is 59.4 Å². The fraction of sp³-hybridized carbons (Fsp3) is 0.545. The molecule has 1 aromatic carbocycles. The highest BCUT2D eigenvalue weighted by molar-refractivity contribution is 7.11. The summed E-state index contributed by atoms with van der Waals surface area (Å²) in [6.07, 6.45) is 0. The standard InChI is InChI=1S/C22H30N4OS/c1-14-8-6-7-9-18(14)21-19-12-25(13-20-23-15(2)16(3)28-20)10-17(19)11-26(21)22(27)24(4)5/h6-9,17,19,21H,10-13H2,1-5H3/t17-,19-,21+/m1/s1. The monoisotopic (exact) mass is 398 g/mol. The molecule has 3 heterocycles. The quantitative estimate of drug-likeness (QED) is 0.788. The molecule has 0 radical (unpaired) electrons. The third-order valence-electron chi connectivity index (χ3n) is 6.31. The molecule has 1 aromatic heterocycles. The molecule has 5 nitrogen and oxygen atoms in total. The summed E-state index contributed by atoms with van der Waals surface area (Å²) < 4.78 is 0. The molecule has 2 fully saturated rings. The average Bonchev–Trinajstić information content (AvgIpc) is 3.27. The summed E-state index contributed by atoms with van der Waals surface area (Å²) in [4.78, 5) is 25.3. The molecule has 0 bridgehead atoms. The number of amides is 2. The van der Waals surface area contributed by atoms with Crippen molar-refractivity contribution in [1.82, 2.24) is 19.7 Å². The molecule has 2 aliphatic rings. The second-order valence-corrected chi connectivity index (χ2v) is 9.79. The van der Waals surface area contributed by atoms with Gasteiger partial charge in [-0.25, -0.2) is 9.78 Å². The first-order chi connectivity index (χ1) is 13.3. The summed E-state index contributed by atoms with van der Waals surface area (Å²) in [5, 5.41) is 1.21. The predicted octanol–water partition coefficient (Wildman–Crippen LogP) is 3.85. The van der Waals surface area contributed by atoms with Crippen LogP contribution in [0.15, 0.2) is 24.3 Å². The summed E-state index contributed by atoms with van der Waals surface area (Å²) in [6.45, 7) is 10.2. The van der Waals surface area contributed by atoms with Gasteiger partial charge in [0, 0.05) is 44.5 Å². The van der Waals surface area contributed by atoms with Crippen LogP contribution in [0.4, 0.5) is 4.79 Å². The smallest absolute Gasteiger partial charge is 0.320 e. The number of nitrogens with zero attached hydrogens (tertiary/aromatic N) is 4. The Hall–Kier alpha value is -1.92. The molecule has 2 aliphatic heterocycles. The van der Waals surface area contributed by atoms with E-state index in [9.17, 15) is 4.79 Å². The van der Waals surface area contributed by atoms with E-state index in [1.807, 2.05) is 25.4 Å². The van der Waals surface area contributed by atoms with Gasteiger partial charge in [-0.15, -0.1) is 11.3 Å². The number of rotatable bonds is 3. The Bertz CT molecular complexity index is 858. The zero-order valence-electron chi connectivity index (χ0n) is 17.5. The van der Waals surface area contributed by atoms with Gasteiger partial charge in [0.1, 0.15) is 5.01 Å². The second-order valence-electron chi connectivity index (χ2n) is 8.50. The number of likely N-dealkylation sites (tertiary alicyclic amines) is 2. The van der Waals surface area contributed by atoms with Gasteiger partial charge in [0.2, 0.25) is 0 Å². The Kier molecular flexibility index (Phi) is 5.19. The minimum atomic E-state index is 0.125. The first kappa shape index (κ1) is 19.4. The first-order valence-corrected chi connectivity index (χ1v) is 10.9. The van der Waals surface area contributed by atoms with E-state index in [2.05, 4.69) is 54.8 Å². The maximum absolute atomic E-state index is 12.9. The topological polar surface area (TPSA) is 39.7 Å². The minimum absolute atomic E-state index is 0.125. The molecule has 0 saturated carbocycles. The van der Waals surface area contributed by atoms with Crippen molar-refractivity contribution >= 4 is 17.4 Å². The largest absolute Gasteiger partial charge is 0.331 e. The number of urea groups is 1. The molecule has 2 aromatic rings. The van der Waals surface area contributed by atoms with Crippen LogP contribution in [0.1, 0.15) is 32.7 Å². The lowest BCUT2D eigenvalue weighted by molar-refractivity contribution is 0.151. The summed E-state index contributed by atoms with van der Waals surface area (Å²) in [7, 11) is 3.70. The van der Waals surface area contributed by atoms with Crippen molar-refractivity contribution in [2.75, 3.05) is 33.7 Å². The number of carbonyl (C=O) groups excluding carboxylic acids is 1. The summed E-state index contributed by atoms with van der Waals surface area (Å²) in [6, 6.07) is 8.83. The Balaban J connectivity index is 1.58. The van der Waals surface area contributed by atoms with Crippen molar-refractivity contribution in [2.24, 2.45) is 11.8 Å². The van der Waals surface area contributed by atoms with Crippen LogP contribution in [-0.2, 0) is 6.54 Å². The van der Waals surface area contributed by atoms with Crippen molar-refractivity contribution in [2.45, 2.75) is 33.4 Å². The van der Waals surface area contributed by atoms with Crippen molar-refractivity contribution in [3.05, 3.63) is 51.0 Å². The van der Waals surface area contributed by atoms with Gasteiger partial charge in [-0.05, 0) is 37.8 Å². The number of aryl methyl sites for hydroxylation is 3. The lowest BCUT2D eigenvalue weighted by atomic mass is 9.88. The van der Waals surface area contributed by atoms with Crippen LogP contribution >= 0.6 is 11.3 Å². The highest BCUT2D eigenvalue weighted by Crippen LogP contribution is 2.46. The molecular formula is C22H30N4OS. The Labute approximate surface area is 172 Å². The maximum atomic E-state index is 12.9. The zero-order chi connectivity index (χ0) is 20.0. The molecule has 3 atom stereocenters. The number of hydrogen-bond donors (Lipinski definition) is 0. The van der Waals surface area contributed by atoms with Gasteiger partial charge in [0.15, 0.2) is 0 Å². The van der Waals surface area contributed by atoms with Gasteiger partial charge in [0.05, 0.1) is 18.3 Å². The Morgan fingerprint density at radius 3 is 2.57 bits per heavy atom. The van der Waals surface area contributed by atoms with Gasteiger partial charge >= 0.3 is 6.03 Å². The van der Waals surface area contributed by atoms with E-state index in [-0.39, 0.29) is 12.1 Å². The lowest BCUT2D eigenvalue weighted by Gasteiger charge is -2.32. The van der Waals surface area contributed by atoms with E-state index in [0.29, 0.717) is 11.8 Å². The highest BCUT2D eigenvalue weighted by Gasteiger charge is 2.49. The van der Waals surface area contributed by atoms with Crippen molar-refractivity contribution in [3.8, 4) is 0 Å². The van der Waals surface area contributed by atoms with Crippen LogP contribution in [0.3, 0.4) is 0 Å². The Morgan fingerprint density at radius 2 is 1.93 bits per heavy atom. The van der Waals surface area contributed by atoms with Gasteiger partial charge in [-0.3, -0.25) is 4.90 Å². The number of aromatic nitrogens is 1. The summed E-state index contributed by atoms with van der Waals surface area (Å²) >= 11 is 1.81. The maximum Gasteiger partial charge on any atom is 0.320 e. The molecule has 4 rings (SSSR count). The van der Waals surface area contributed by atoms with E-state index < -0.39 is 0 Å². The first-order valence-electron chi connectivity index (χ1n) is 10.0. The van der Waals surface area contributed by atoms with Crippen molar-refractivity contribution in [1.29, 1.82) is 0 Å². The van der Waals surface area contributed by atoms with Crippen LogP contribution in [0.5, 0.6) is 0 Å². The molecule has 0 unspecified atom stereocenters. The third kappa shape index (κ3) is 3.44. The number of fused-ring (bicyclic) bond motifs is 1. The highest BCUT2D eigenvalue weighted by atomic mass is 32.1. The molecule has 2 amide bonds. The predicted molar refractivity (Wildman–Crippen MR) is 114 cm³/mol. The van der Waals surface area contributed by atoms with Gasteiger partial charge in [0.25, 0.3) is 0 Å². The molecule has 150 valence electrons. The number of thiazole rings is 1. The van der Waals surface area contributed by atoms with Crippen LogP contribution in [0.25, 0.3) is 0 Å². The summed E-state index contributed by atoms with van der Waals surface area (Å²) in [5.41, 5.74) is 3.72. The van der Waals surface area contributed by atoms with Crippen LogP contribution in [0, 0.1) is 32.6 Å². The minimum Gasteiger partial charge on any atom is -0.331 e. The lowest BCUT2D eigenvalue weighted by Crippen LogP contribution is -2.41.